The number of amides is 2. The van der Waals surface area contributed by atoms with E-state index in [1.54, 1.807) is 25.3 Å². The van der Waals surface area contributed by atoms with Crippen molar-refractivity contribution in [3.05, 3.63) is 76.7 Å². The van der Waals surface area contributed by atoms with Gasteiger partial charge in [-0.25, -0.2) is 4.79 Å². The molecule has 2 aromatic rings. The van der Waals surface area contributed by atoms with Crippen molar-refractivity contribution in [2.45, 2.75) is 51.3 Å². The second kappa shape index (κ2) is 12.8. The van der Waals surface area contributed by atoms with Gasteiger partial charge in [-0.15, -0.1) is 11.8 Å². The van der Waals surface area contributed by atoms with Gasteiger partial charge >= 0.3 is 11.9 Å². The number of fused-ring (bicyclic) bond motifs is 1. The van der Waals surface area contributed by atoms with Gasteiger partial charge in [-0.2, -0.15) is 0 Å². The summed E-state index contributed by atoms with van der Waals surface area (Å²) in [6, 6.07) is 14.6. The Morgan fingerprint density at radius 2 is 1.74 bits per heavy atom. The third-order valence-corrected chi connectivity index (χ3v) is 7.48. The summed E-state index contributed by atoms with van der Waals surface area (Å²) in [6.45, 7) is 5.73. The molecule has 4 rings (SSSR count). The Morgan fingerprint density at radius 1 is 1.00 bits per heavy atom. The lowest BCUT2D eigenvalue weighted by Crippen LogP contribution is -2.74. The number of nitrogens with one attached hydrogen (secondary N) is 1. The molecule has 1 saturated heterocycles. The molecular weight excluding hydrogens is 520 g/mol. The molecule has 9 nitrogen and oxygen atoms in total. The zero-order valence-electron chi connectivity index (χ0n) is 22.1. The summed E-state index contributed by atoms with van der Waals surface area (Å²) in [5.41, 5.74) is 2.02. The molecule has 10 heteroatoms. The van der Waals surface area contributed by atoms with Crippen LogP contribution in [0.4, 0.5) is 0 Å². The minimum absolute atomic E-state index is 0.0377. The molecule has 0 aliphatic carbocycles. The summed E-state index contributed by atoms with van der Waals surface area (Å²) in [4.78, 5) is 52.7. The number of carbonyl (C=O) groups is 4. The van der Waals surface area contributed by atoms with Crippen molar-refractivity contribution in [1.82, 2.24) is 10.2 Å². The van der Waals surface area contributed by atoms with E-state index >= 15 is 0 Å². The molecule has 0 saturated carbocycles. The van der Waals surface area contributed by atoms with Crippen LogP contribution in [0.2, 0.25) is 0 Å². The number of esters is 2. The largest absolute Gasteiger partial charge is 0.494 e. The monoisotopic (exact) mass is 552 g/mol. The van der Waals surface area contributed by atoms with Gasteiger partial charge in [-0.1, -0.05) is 56.3 Å². The maximum atomic E-state index is 13.2. The van der Waals surface area contributed by atoms with Gasteiger partial charge in [-0.3, -0.25) is 14.4 Å². The van der Waals surface area contributed by atoms with Crippen LogP contribution in [0, 0.1) is 5.92 Å². The number of benzene rings is 2. The number of ether oxygens (including phenoxy) is 3. The fourth-order valence-corrected chi connectivity index (χ4v) is 5.48. The maximum Gasteiger partial charge on any atom is 0.333 e. The van der Waals surface area contributed by atoms with E-state index in [1.807, 2.05) is 55.5 Å². The fraction of sp³-hybridized carbons (Fsp3) is 0.379. The predicted molar refractivity (Wildman–Crippen MR) is 145 cm³/mol. The highest BCUT2D eigenvalue weighted by molar-refractivity contribution is 8.02. The van der Waals surface area contributed by atoms with Gasteiger partial charge in [0.2, 0.25) is 11.8 Å². The van der Waals surface area contributed by atoms with Gasteiger partial charge in [0.05, 0.1) is 18.9 Å². The summed E-state index contributed by atoms with van der Waals surface area (Å²) in [5.74, 6) is -1.41. The molecule has 0 aromatic heterocycles. The number of hydrogen-bond donors (Lipinski definition) is 1. The minimum Gasteiger partial charge on any atom is -0.494 e. The molecule has 2 aliphatic heterocycles. The third kappa shape index (κ3) is 6.81. The van der Waals surface area contributed by atoms with Crippen LogP contribution < -0.4 is 10.1 Å². The highest BCUT2D eigenvalue weighted by Gasteiger charge is 2.56. The van der Waals surface area contributed by atoms with Crippen LogP contribution in [-0.2, 0) is 41.7 Å². The topological polar surface area (TPSA) is 111 Å². The van der Waals surface area contributed by atoms with Crippen LogP contribution in [0.1, 0.15) is 31.9 Å². The van der Waals surface area contributed by atoms with Crippen LogP contribution in [0.5, 0.6) is 5.75 Å². The molecule has 39 heavy (non-hydrogen) atoms. The van der Waals surface area contributed by atoms with Gasteiger partial charge in [0.25, 0.3) is 0 Å². The number of thioether (sulfide) groups is 1. The highest BCUT2D eigenvalue weighted by atomic mass is 32.2. The molecule has 206 valence electrons. The molecule has 0 spiro atoms. The molecule has 2 heterocycles. The van der Waals surface area contributed by atoms with Crippen LogP contribution in [0.3, 0.4) is 0 Å². The number of nitrogens with zero attached hydrogens (tertiary/aromatic N) is 1. The van der Waals surface area contributed by atoms with Crippen molar-refractivity contribution in [1.29, 1.82) is 0 Å². The van der Waals surface area contributed by atoms with E-state index in [0.29, 0.717) is 17.9 Å². The second-order valence-electron chi connectivity index (χ2n) is 9.53. The fourth-order valence-electron chi connectivity index (χ4n) is 4.27. The smallest absolute Gasteiger partial charge is 0.333 e. The average molecular weight is 553 g/mol. The molecule has 2 unspecified atom stereocenters. The summed E-state index contributed by atoms with van der Waals surface area (Å²) in [6.07, 6.45) is 0.0802. The Balaban J connectivity index is 1.45. The molecule has 0 bridgehead atoms. The molecular formula is C29H32N2O7S. The number of hydrogen-bond acceptors (Lipinski definition) is 8. The lowest BCUT2D eigenvalue weighted by Gasteiger charge is -2.51. The van der Waals surface area contributed by atoms with Crippen molar-refractivity contribution in [3.8, 4) is 5.75 Å². The first kappa shape index (κ1) is 28.2. The summed E-state index contributed by atoms with van der Waals surface area (Å²) in [7, 11) is 0. The van der Waals surface area contributed by atoms with Crippen molar-refractivity contribution >= 4 is 35.5 Å². The van der Waals surface area contributed by atoms with Crippen molar-refractivity contribution < 1.29 is 33.4 Å². The Hall–Kier alpha value is -3.79. The number of carbonyl (C=O) groups excluding carboxylic acids is 4. The first-order valence-corrected chi connectivity index (χ1v) is 13.8. The van der Waals surface area contributed by atoms with E-state index in [2.05, 4.69) is 5.32 Å². The quantitative estimate of drug-likeness (QED) is 0.334. The SMILES string of the molecule is CCOc1cccc(CC(=O)NC2C(=O)N3C(C(=O)OCc4ccccc4)C(COC(=O)C(C)C)=CS[C@H]23)c1. The number of rotatable bonds is 11. The predicted octanol–water partition coefficient (Wildman–Crippen LogP) is 3.22. The molecule has 0 radical (unpaired) electrons. The highest BCUT2D eigenvalue weighted by Crippen LogP contribution is 2.40. The van der Waals surface area contributed by atoms with Crippen LogP contribution in [0.25, 0.3) is 0 Å². The van der Waals surface area contributed by atoms with Crippen LogP contribution >= 0.6 is 11.8 Å². The number of β-lactam (4-membered cyclic amide) rings is 1. The van der Waals surface area contributed by atoms with E-state index in [-0.39, 0.29) is 31.5 Å². The van der Waals surface area contributed by atoms with Crippen molar-refractivity contribution in [2.24, 2.45) is 5.92 Å². The Kier molecular flexibility index (Phi) is 9.29. The van der Waals surface area contributed by atoms with E-state index in [9.17, 15) is 19.2 Å². The van der Waals surface area contributed by atoms with Gasteiger partial charge in [0, 0.05) is 5.57 Å². The first-order chi connectivity index (χ1) is 18.8. The zero-order valence-corrected chi connectivity index (χ0v) is 22.9. The van der Waals surface area contributed by atoms with Gasteiger partial charge < -0.3 is 24.4 Å². The van der Waals surface area contributed by atoms with Gasteiger partial charge in [0.15, 0.2) is 6.04 Å². The van der Waals surface area contributed by atoms with Crippen molar-refractivity contribution in [2.75, 3.05) is 13.2 Å². The maximum absolute atomic E-state index is 13.2. The van der Waals surface area contributed by atoms with E-state index in [0.717, 1.165) is 11.1 Å². The molecule has 2 aromatic carbocycles. The summed E-state index contributed by atoms with van der Waals surface area (Å²) < 4.78 is 16.4. The van der Waals surface area contributed by atoms with Gasteiger partial charge in [-0.05, 0) is 35.6 Å². The standard InChI is InChI=1S/C29H32N2O7S/c1-4-36-22-12-8-11-20(13-22)14-23(32)30-24-26(33)31-25(29(35)37-15-19-9-6-5-7-10-19)21(17-39-27(24)31)16-38-28(34)18(2)3/h5-13,17-18,24-25,27H,4,14-16H2,1-3H3,(H,30,32)/t24?,25?,27-/m1/s1. The summed E-state index contributed by atoms with van der Waals surface area (Å²) >= 11 is 1.30. The summed E-state index contributed by atoms with van der Waals surface area (Å²) in [5, 5.41) is 4.04. The molecule has 2 aliphatic rings. The van der Waals surface area contributed by atoms with E-state index < -0.39 is 35.3 Å². The molecule has 1 fully saturated rings. The van der Waals surface area contributed by atoms with Gasteiger partial charge in [0.1, 0.15) is 30.4 Å². The van der Waals surface area contributed by atoms with Crippen LogP contribution in [-0.4, -0.2) is 59.3 Å². The first-order valence-electron chi connectivity index (χ1n) is 12.8. The molecule has 2 amide bonds. The third-order valence-electron chi connectivity index (χ3n) is 6.26. The second-order valence-corrected chi connectivity index (χ2v) is 10.5. The Morgan fingerprint density at radius 3 is 2.46 bits per heavy atom. The Labute approximate surface area is 231 Å². The lowest BCUT2D eigenvalue weighted by atomic mass is 9.98. The zero-order chi connectivity index (χ0) is 27.9. The van der Waals surface area contributed by atoms with Crippen LogP contribution in [0.15, 0.2) is 65.6 Å². The molecule has 1 N–H and O–H groups in total. The normalized spacial score (nSPS) is 19.9. The Bertz CT molecular complexity index is 1250. The van der Waals surface area contributed by atoms with E-state index in [1.165, 1.54) is 16.7 Å². The minimum atomic E-state index is -1.05. The van der Waals surface area contributed by atoms with E-state index in [4.69, 9.17) is 14.2 Å². The molecule has 3 atom stereocenters. The van der Waals surface area contributed by atoms with Crippen molar-refractivity contribution in [3.63, 3.8) is 0 Å². The lowest BCUT2D eigenvalue weighted by molar-refractivity contribution is -0.164. The average Bonchev–Trinajstić information content (AvgIpc) is 2.93.